The van der Waals surface area contributed by atoms with Crippen LogP contribution in [0.1, 0.15) is 67.5 Å². The zero-order valence-corrected chi connectivity index (χ0v) is 21.3. The highest BCUT2D eigenvalue weighted by Crippen LogP contribution is 2.28. The molecular weight excluding hydrogens is 418 g/mol. The first-order valence-electron chi connectivity index (χ1n) is 11.6. The van der Waals surface area contributed by atoms with Crippen LogP contribution in [-0.4, -0.2) is 46.3 Å². The predicted octanol–water partition coefficient (Wildman–Crippen LogP) is 5.22. The van der Waals surface area contributed by atoms with Gasteiger partial charge >= 0.3 is 6.03 Å². The van der Waals surface area contributed by atoms with Gasteiger partial charge in [0.15, 0.2) is 0 Å². The predicted molar refractivity (Wildman–Crippen MR) is 133 cm³/mol. The Morgan fingerprint density at radius 3 is 2.30 bits per heavy atom. The summed E-state index contributed by atoms with van der Waals surface area (Å²) < 4.78 is 7.42. The van der Waals surface area contributed by atoms with E-state index in [4.69, 9.17) is 9.84 Å². The molecule has 1 heterocycles. The van der Waals surface area contributed by atoms with Crippen LogP contribution in [0.3, 0.4) is 0 Å². The molecule has 3 amide bonds. The fourth-order valence-corrected chi connectivity index (χ4v) is 3.27. The summed E-state index contributed by atoms with van der Waals surface area (Å²) in [5.74, 6) is 0.941. The maximum atomic E-state index is 13.0. The minimum atomic E-state index is -0.348. The maximum Gasteiger partial charge on any atom is 0.322 e. The van der Waals surface area contributed by atoms with E-state index in [0.29, 0.717) is 30.4 Å². The summed E-state index contributed by atoms with van der Waals surface area (Å²) in [5.41, 5.74) is 1.00. The summed E-state index contributed by atoms with van der Waals surface area (Å²) in [5, 5.41) is 10.6. The first kappa shape index (κ1) is 26.2. The summed E-state index contributed by atoms with van der Waals surface area (Å²) in [7, 11) is 0. The van der Waals surface area contributed by atoms with Gasteiger partial charge in [0.2, 0.25) is 5.91 Å². The number of benzene rings is 1. The SMILES string of the molecule is CCCN(CC(=O)Nc1cc(C(C)(C)C)nn1C(C)(C)C)C(=O)Nc1ccccc1OCC. The molecule has 33 heavy (non-hydrogen) atoms. The monoisotopic (exact) mass is 457 g/mol. The zero-order chi connectivity index (χ0) is 24.8. The highest BCUT2D eigenvalue weighted by Gasteiger charge is 2.26. The third kappa shape index (κ3) is 7.23. The Bertz CT molecular complexity index is 954. The Hall–Kier alpha value is -3.03. The number of hydrogen-bond donors (Lipinski definition) is 2. The summed E-state index contributed by atoms with van der Waals surface area (Å²) in [6.45, 7) is 17.1. The van der Waals surface area contributed by atoms with E-state index in [0.717, 1.165) is 12.1 Å². The number of ether oxygens (including phenoxy) is 1. The van der Waals surface area contributed by atoms with Gasteiger partial charge in [0.1, 0.15) is 18.1 Å². The summed E-state index contributed by atoms with van der Waals surface area (Å²) in [4.78, 5) is 27.4. The molecule has 0 bridgehead atoms. The van der Waals surface area contributed by atoms with Crippen molar-refractivity contribution in [3.8, 4) is 5.75 Å². The molecule has 1 aromatic heterocycles. The van der Waals surface area contributed by atoms with E-state index < -0.39 is 0 Å². The third-order valence-electron chi connectivity index (χ3n) is 4.92. The number of nitrogens with zero attached hydrogens (tertiary/aromatic N) is 3. The number of carbonyl (C=O) groups is 2. The van der Waals surface area contributed by atoms with E-state index in [-0.39, 0.29) is 29.4 Å². The van der Waals surface area contributed by atoms with Crippen molar-refractivity contribution in [1.29, 1.82) is 0 Å². The molecule has 0 spiro atoms. The fraction of sp³-hybridized carbons (Fsp3) is 0.560. The molecule has 1 aromatic carbocycles. The van der Waals surface area contributed by atoms with Gasteiger partial charge in [-0.05, 0) is 46.2 Å². The lowest BCUT2D eigenvalue weighted by molar-refractivity contribution is -0.116. The van der Waals surface area contributed by atoms with E-state index in [9.17, 15) is 9.59 Å². The van der Waals surface area contributed by atoms with Gasteiger partial charge in [-0.3, -0.25) is 4.79 Å². The molecule has 0 saturated carbocycles. The van der Waals surface area contributed by atoms with Crippen LogP contribution in [0.5, 0.6) is 5.75 Å². The van der Waals surface area contributed by atoms with E-state index in [1.54, 1.807) is 12.1 Å². The second kappa shape index (κ2) is 10.7. The normalized spacial score (nSPS) is 11.8. The molecule has 0 aliphatic carbocycles. The zero-order valence-electron chi connectivity index (χ0n) is 21.3. The number of amides is 3. The van der Waals surface area contributed by atoms with Crippen LogP contribution in [-0.2, 0) is 15.7 Å². The number of urea groups is 1. The number of hydrogen-bond acceptors (Lipinski definition) is 4. The van der Waals surface area contributed by atoms with E-state index in [2.05, 4.69) is 31.4 Å². The molecule has 0 unspecified atom stereocenters. The second-order valence-electron chi connectivity index (χ2n) is 10.1. The number of para-hydroxylation sites is 2. The molecule has 0 radical (unpaired) electrons. The van der Waals surface area contributed by atoms with Crippen molar-refractivity contribution in [2.45, 2.75) is 72.8 Å². The van der Waals surface area contributed by atoms with Crippen molar-refractivity contribution in [3.63, 3.8) is 0 Å². The Morgan fingerprint density at radius 2 is 1.73 bits per heavy atom. The Morgan fingerprint density at radius 1 is 1.06 bits per heavy atom. The quantitative estimate of drug-likeness (QED) is 0.569. The molecule has 0 saturated heterocycles. The summed E-state index contributed by atoms with van der Waals surface area (Å²) in [6.07, 6.45) is 0.724. The van der Waals surface area contributed by atoms with Gasteiger partial charge in [-0.25, -0.2) is 9.48 Å². The minimum Gasteiger partial charge on any atom is -0.492 e. The van der Waals surface area contributed by atoms with E-state index in [1.165, 1.54) is 4.90 Å². The first-order chi connectivity index (χ1) is 15.4. The maximum absolute atomic E-state index is 13.0. The van der Waals surface area contributed by atoms with Crippen molar-refractivity contribution in [2.75, 3.05) is 30.3 Å². The Balaban J connectivity index is 2.18. The second-order valence-corrected chi connectivity index (χ2v) is 10.1. The van der Waals surface area contributed by atoms with Crippen LogP contribution in [0.4, 0.5) is 16.3 Å². The first-order valence-corrected chi connectivity index (χ1v) is 11.6. The number of aromatic nitrogens is 2. The smallest absolute Gasteiger partial charge is 0.322 e. The number of anilines is 2. The Kier molecular flexibility index (Phi) is 8.52. The van der Waals surface area contributed by atoms with Gasteiger partial charge in [-0.2, -0.15) is 5.10 Å². The van der Waals surface area contributed by atoms with Gasteiger partial charge in [0.25, 0.3) is 0 Å². The molecular formula is C25H39N5O3. The van der Waals surface area contributed by atoms with Gasteiger partial charge in [-0.1, -0.05) is 39.8 Å². The number of rotatable bonds is 8. The molecule has 0 atom stereocenters. The van der Waals surface area contributed by atoms with Crippen LogP contribution in [0.15, 0.2) is 30.3 Å². The van der Waals surface area contributed by atoms with Crippen molar-refractivity contribution in [3.05, 3.63) is 36.0 Å². The van der Waals surface area contributed by atoms with Gasteiger partial charge in [-0.15, -0.1) is 0 Å². The van der Waals surface area contributed by atoms with E-state index in [1.807, 2.05) is 57.5 Å². The third-order valence-corrected chi connectivity index (χ3v) is 4.92. The van der Waals surface area contributed by atoms with Crippen molar-refractivity contribution in [2.24, 2.45) is 0 Å². The molecule has 182 valence electrons. The van der Waals surface area contributed by atoms with Crippen LogP contribution in [0, 0.1) is 0 Å². The van der Waals surface area contributed by atoms with Gasteiger partial charge < -0.3 is 20.3 Å². The Labute approximate surface area is 197 Å². The van der Waals surface area contributed by atoms with Crippen molar-refractivity contribution in [1.82, 2.24) is 14.7 Å². The fourth-order valence-electron chi connectivity index (χ4n) is 3.27. The number of carbonyl (C=O) groups excluding carboxylic acids is 2. The minimum absolute atomic E-state index is 0.0728. The molecule has 0 aliphatic heterocycles. The van der Waals surface area contributed by atoms with Crippen LogP contribution in [0.25, 0.3) is 0 Å². The van der Waals surface area contributed by atoms with Crippen molar-refractivity contribution >= 4 is 23.4 Å². The van der Waals surface area contributed by atoms with Gasteiger partial charge in [0.05, 0.1) is 23.5 Å². The van der Waals surface area contributed by atoms with Crippen LogP contribution >= 0.6 is 0 Å². The average molecular weight is 458 g/mol. The topological polar surface area (TPSA) is 88.5 Å². The van der Waals surface area contributed by atoms with Crippen LogP contribution in [0.2, 0.25) is 0 Å². The molecule has 2 N–H and O–H groups in total. The van der Waals surface area contributed by atoms with E-state index >= 15 is 0 Å². The summed E-state index contributed by atoms with van der Waals surface area (Å²) >= 11 is 0. The van der Waals surface area contributed by atoms with Crippen LogP contribution < -0.4 is 15.4 Å². The molecule has 8 heteroatoms. The van der Waals surface area contributed by atoms with Crippen molar-refractivity contribution < 1.29 is 14.3 Å². The largest absolute Gasteiger partial charge is 0.492 e. The average Bonchev–Trinajstić information content (AvgIpc) is 3.14. The lowest BCUT2D eigenvalue weighted by atomic mass is 9.92. The number of nitrogens with one attached hydrogen (secondary N) is 2. The molecule has 0 aliphatic rings. The lowest BCUT2D eigenvalue weighted by Crippen LogP contribution is -2.41. The van der Waals surface area contributed by atoms with Gasteiger partial charge in [0, 0.05) is 18.0 Å². The highest BCUT2D eigenvalue weighted by molar-refractivity contribution is 5.97. The molecule has 0 fully saturated rings. The summed E-state index contributed by atoms with van der Waals surface area (Å²) in [6, 6.07) is 8.82. The molecule has 2 rings (SSSR count). The molecule has 8 nitrogen and oxygen atoms in total. The lowest BCUT2D eigenvalue weighted by Gasteiger charge is -2.25. The standard InChI is InChI=1S/C25H39N5O3/c1-9-15-29(23(32)26-18-13-11-12-14-19(18)33-10-2)17-22(31)27-21-16-20(24(3,4)5)28-30(21)25(6,7)8/h11-14,16H,9-10,15,17H2,1-8H3,(H,26,32)(H,27,31). The highest BCUT2D eigenvalue weighted by atomic mass is 16.5. The molecule has 2 aromatic rings.